The molecule has 0 saturated carbocycles. The van der Waals surface area contributed by atoms with Crippen molar-refractivity contribution in [2.75, 3.05) is 6.61 Å². The van der Waals surface area contributed by atoms with Gasteiger partial charge in [-0.2, -0.15) is 0 Å². The first kappa shape index (κ1) is 13.1. The Labute approximate surface area is 113 Å². The predicted octanol–water partition coefficient (Wildman–Crippen LogP) is 4.00. The van der Waals surface area contributed by atoms with Crippen molar-refractivity contribution < 1.29 is 4.74 Å². The zero-order valence-corrected chi connectivity index (χ0v) is 11.7. The first-order valence-electron chi connectivity index (χ1n) is 6.28. The molecule has 0 aliphatic heterocycles. The molecule has 2 aromatic rings. The van der Waals surface area contributed by atoms with Crippen LogP contribution in [0.5, 0.6) is 5.75 Å². The van der Waals surface area contributed by atoms with Crippen LogP contribution in [0.4, 0.5) is 0 Å². The van der Waals surface area contributed by atoms with Crippen molar-refractivity contribution in [2.45, 2.75) is 26.4 Å². The van der Waals surface area contributed by atoms with Crippen molar-refractivity contribution in [1.82, 2.24) is 5.32 Å². The predicted molar refractivity (Wildman–Crippen MR) is 77.2 cm³/mol. The van der Waals surface area contributed by atoms with Gasteiger partial charge in [0.05, 0.1) is 6.61 Å². The monoisotopic (exact) mass is 261 g/mol. The van der Waals surface area contributed by atoms with Gasteiger partial charge in [0.2, 0.25) is 0 Å². The first-order chi connectivity index (χ1) is 8.79. The molecule has 0 aliphatic rings. The minimum atomic E-state index is 0.400. The zero-order chi connectivity index (χ0) is 12.8. The fourth-order valence-corrected chi connectivity index (χ4v) is 2.54. The minimum Gasteiger partial charge on any atom is -0.494 e. The molecule has 96 valence electrons. The maximum absolute atomic E-state index is 5.43. The molecule has 2 nitrogen and oxygen atoms in total. The summed E-state index contributed by atoms with van der Waals surface area (Å²) in [6.45, 7) is 5.79. The zero-order valence-electron chi connectivity index (χ0n) is 10.8. The molecule has 1 aromatic carbocycles. The summed E-state index contributed by atoms with van der Waals surface area (Å²) in [6.07, 6.45) is 0. The van der Waals surface area contributed by atoms with Crippen LogP contribution in [0.25, 0.3) is 0 Å². The summed E-state index contributed by atoms with van der Waals surface area (Å²) in [7, 11) is 0. The van der Waals surface area contributed by atoms with E-state index in [4.69, 9.17) is 4.74 Å². The first-order valence-corrected chi connectivity index (χ1v) is 7.16. The van der Waals surface area contributed by atoms with Crippen molar-refractivity contribution in [1.29, 1.82) is 0 Å². The number of ether oxygens (including phenoxy) is 1. The molecule has 1 N–H and O–H groups in total. The number of nitrogens with one attached hydrogen (secondary N) is 1. The lowest BCUT2D eigenvalue weighted by atomic mass is 10.2. The van der Waals surface area contributed by atoms with Gasteiger partial charge in [0.1, 0.15) is 5.75 Å². The average Bonchev–Trinajstić information content (AvgIpc) is 2.92. The van der Waals surface area contributed by atoms with Crippen LogP contribution in [-0.4, -0.2) is 6.61 Å². The van der Waals surface area contributed by atoms with Crippen LogP contribution in [0.1, 0.15) is 30.3 Å². The molecule has 0 spiro atoms. The highest BCUT2D eigenvalue weighted by atomic mass is 32.1. The molecule has 2 rings (SSSR count). The average molecular weight is 261 g/mol. The van der Waals surface area contributed by atoms with Gasteiger partial charge in [-0.15, -0.1) is 11.3 Å². The molecule has 0 fully saturated rings. The Bertz CT molecular complexity index is 450. The van der Waals surface area contributed by atoms with Crippen LogP contribution in [0, 0.1) is 0 Å². The van der Waals surface area contributed by atoms with Gasteiger partial charge in [-0.25, -0.2) is 0 Å². The van der Waals surface area contributed by atoms with Crippen LogP contribution in [0.2, 0.25) is 0 Å². The van der Waals surface area contributed by atoms with Crippen molar-refractivity contribution in [3.63, 3.8) is 0 Å². The summed E-state index contributed by atoms with van der Waals surface area (Å²) in [5.74, 6) is 0.938. The Hall–Kier alpha value is -1.32. The van der Waals surface area contributed by atoms with Crippen LogP contribution < -0.4 is 10.1 Å². The number of thiophene rings is 1. The Morgan fingerprint density at radius 2 is 2.00 bits per heavy atom. The SMILES string of the molecule is CCOc1ccc(CN[C@H](C)c2cccs2)cc1. The lowest BCUT2D eigenvalue weighted by Crippen LogP contribution is -2.16. The largest absolute Gasteiger partial charge is 0.494 e. The van der Waals surface area contributed by atoms with Crippen molar-refractivity contribution in [2.24, 2.45) is 0 Å². The smallest absolute Gasteiger partial charge is 0.119 e. The second kappa shape index (κ2) is 6.57. The number of rotatable bonds is 6. The number of hydrogen-bond donors (Lipinski definition) is 1. The third-order valence-electron chi connectivity index (χ3n) is 2.82. The van der Waals surface area contributed by atoms with E-state index in [9.17, 15) is 0 Å². The highest BCUT2D eigenvalue weighted by Crippen LogP contribution is 2.19. The van der Waals surface area contributed by atoms with Crippen molar-refractivity contribution >= 4 is 11.3 Å². The fraction of sp³-hybridized carbons (Fsp3) is 0.333. The number of hydrogen-bond acceptors (Lipinski definition) is 3. The van der Waals surface area contributed by atoms with Crippen LogP contribution in [0.15, 0.2) is 41.8 Å². The Balaban J connectivity index is 1.86. The third-order valence-corrected chi connectivity index (χ3v) is 3.87. The van der Waals surface area contributed by atoms with Crippen molar-refractivity contribution in [3.8, 4) is 5.75 Å². The number of benzene rings is 1. The molecule has 3 heteroatoms. The maximum atomic E-state index is 5.43. The quantitative estimate of drug-likeness (QED) is 0.848. The lowest BCUT2D eigenvalue weighted by molar-refractivity contribution is 0.340. The van der Waals surface area contributed by atoms with Gasteiger partial charge in [0, 0.05) is 17.5 Å². The van der Waals surface area contributed by atoms with Gasteiger partial charge >= 0.3 is 0 Å². The van der Waals surface area contributed by atoms with Gasteiger partial charge in [0.15, 0.2) is 0 Å². The van der Waals surface area contributed by atoms with Gasteiger partial charge < -0.3 is 10.1 Å². The second-order valence-electron chi connectivity index (χ2n) is 4.19. The normalized spacial score (nSPS) is 12.3. The Kier molecular flexibility index (Phi) is 4.79. The molecule has 18 heavy (non-hydrogen) atoms. The molecule has 1 heterocycles. The summed E-state index contributed by atoms with van der Waals surface area (Å²) in [4.78, 5) is 1.38. The van der Waals surface area contributed by atoms with Gasteiger partial charge in [-0.05, 0) is 43.0 Å². The second-order valence-corrected chi connectivity index (χ2v) is 5.17. The Morgan fingerprint density at radius 1 is 1.22 bits per heavy atom. The molecule has 0 bridgehead atoms. The van der Waals surface area contributed by atoms with Crippen molar-refractivity contribution in [3.05, 3.63) is 52.2 Å². The van der Waals surface area contributed by atoms with E-state index < -0.39 is 0 Å². The molecular formula is C15H19NOS. The summed E-state index contributed by atoms with van der Waals surface area (Å²) in [5.41, 5.74) is 1.28. The molecule has 0 unspecified atom stereocenters. The van der Waals surface area contributed by atoms with Crippen LogP contribution >= 0.6 is 11.3 Å². The molecule has 1 aromatic heterocycles. The van der Waals surface area contributed by atoms with E-state index in [1.165, 1.54) is 10.4 Å². The van der Waals surface area contributed by atoms with Gasteiger partial charge in [0.25, 0.3) is 0 Å². The summed E-state index contributed by atoms with van der Waals surface area (Å²) in [5, 5.41) is 5.64. The molecule has 1 atom stereocenters. The van der Waals surface area contributed by atoms with E-state index >= 15 is 0 Å². The van der Waals surface area contributed by atoms with Gasteiger partial charge in [-0.1, -0.05) is 18.2 Å². The molecule has 0 amide bonds. The fourth-order valence-electron chi connectivity index (χ4n) is 1.78. The van der Waals surface area contributed by atoms with Crippen LogP contribution in [-0.2, 0) is 6.54 Å². The lowest BCUT2D eigenvalue weighted by Gasteiger charge is -2.12. The van der Waals surface area contributed by atoms with E-state index in [1.807, 2.05) is 19.1 Å². The van der Waals surface area contributed by atoms with E-state index in [-0.39, 0.29) is 0 Å². The van der Waals surface area contributed by atoms with E-state index in [0.717, 1.165) is 12.3 Å². The summed E-state index contributed by atoms with van der Waals surface area (Å²) in [6, 6.07) is 12.9. The molecular weight excluding hydrogens is 242 g/mol. The highest BCUT2D eigenvalue weighted by molar-refractivity contribution is 7.10. The van der Waals surface area contributed by atoms with Crippen LogP contribution in [0.3, 0.4) is 0 Å². The topological polar surface area (TPSA) is 21.3 Å². The maximum Gasteiger partial charge on any atom is 0.119 e. The summed E-state index contributed by atoms with van der Waals surface area (Å²) >= 11 is 1.79. The van der Waals surface area contributed by atoms with Gasteiger partial charge in [-0.3, -0.25) is 0 Å². The molecule has 0 aliphatic carbocycles. The Morgan fingerprint density at radius 3 is 2.61 bits per heavy atom. The highest BCUT2D eigenvalue weighted by Gasteiger charge is 2.05. The third kappa shape index (κ3) is 3.59. The van der Waals surface area contributed by atoms with E-state index in [0.29, 0.717) is 12.6 Å². The summed E-state index contributed by atoms with van der Waals surface area (Å²) < 4.78 is 5.43. The minimum absolute atomic E-state index is 0.400. The molecule has 0 radical (unpaired) electrons. The molecule has 0 saturated heterocycles. The van der Waals surface area contributed by atoms with E-state index in [1.54, 1.807) is 11.3 Å². The van der Waals surface area contributed by atoms with E-state index in [2.05, 4.69) is 41.9 Å². The standard InChI is InChI=1S/C15H19NOS/c1-3-17-14-8-6-13(7-9-14)11-16-12(2)15-5-4-10-18-15/h4-10,12,16H,3,11H2,1-2H3/t12-/m1/s1.